The Morgan fingerprint density at radius 3 is 1.95 bits per heavy atom. The number of rotatable bonds is 7. The third-order valence-electron chi connectivity index (χ3n) is 2.45. The minimum atomic E-state index is -1.25. The zero-order chi connectivity index (χ0) is 15.1. The molecule has 0 unspecified atom stereocenters. The van der Waals surface area contributed by atoms with Gasteiger partial charge in [0.1, 0.15) is 13.1 Å². The maximum atomic E-state index is 12.1. The van der Waals surface area contributed by atoms with Crippen LogP contribution in [0.3, 0.4) is 0 Å². The molecule has 1 aromatic carbocycles. The summed E-state index contributed by atoms with van der Waals surface area (Å²) in [7, 11) is 0. The first-order valence-electron chi connectivity index (χ1n) is 5.74. The van der Waals surface area contributed by atoms with Gasteiger partial charge in [0.15, 0.2) is 0 Å². The van der Waals surface area contributed by atoms with Crippen molar-refractivity contribution in [2.24, 2.45) is 0 Å². The van der Waals surface area contributed by atoms with Crippen LogP contribution >= 0.6 is 11.8 Å². The van der Waals surface area contributed by atoms with Crippen LogP contribution in [0.2, 0.25) is 0 Å². The topological polar surface area (TPSA) is 94.9 Å². The van der Waals surface area contributed by atoms with Crippen molar-refractivity contribution in [3.05, 3.63) is 35.4 Å². The summed E-state index contributed by atoms with van der Waals surface area (Å²) in [5, 5.41) is 17.4. The maximum Gasteiger partial charge on any atom is 0.323 e. The molecule has 1 amide bonds. The van der Waals surface area contributed by atoms with Gasteiger partial charge in [-0.05, 0) is 24.0 Å². The number of thioether (sulfide) groups is 1. The van der Waals surface area contributed by atoms with E-state index in [1.165, 1.54) is 0 Å². The molecule has 0 spiro atoms. The van der Waals surface area contributed by atoms with Crippen molar-refractivity contribution in [3.8, 4) is 0 Å². The predicted molar refractivity (Wildman–Crippen MR) is 74.8 cm³/mol. The van der Waals surface area contributed by atoms with Gasteiger partial charge in [0, 0.05) is 11.3 Å². The first-order chi connectivity index (χ1) is 9.43. The molecule has 0 fully saturated rings. The van der Waals surface area contributed by atoms with Crippen molar-refractivity contribution in [1.29, 1.82) is 0 Å². The summed E-state index contributed by atoms with van der Waals surface area (Å²) in [6, 6.07) is 6.68. The summed E-state index contributed by atoms with van der Waals surface area (Å²) in [6.07, 6.45) is 1.96. The second-order valence-corrected chi connectivity index (χ2v) is 4.94. The first-order valence-corrected chi connectivity index (χ1v) is 7.14. The molecule has 0 bridgehead atoms. The molecule has 0 aliphatic carbocycles. The van der Waals surface area contributed by atoms with Crippen molar-refractivity contribution in [3.63, 3.8) is 0 Å². The number of aliphatic carboxylic acids is 2. The van der Waals surface area contributed by atoms with Crippen LogP contribution < -0.4 is 0 Å². The Hall–Kier alpha value is -2.02. The summed E-state index contributed by atoms with van der Waals surface area (Å²) in [4.78, 5) is 34.2. The highest BCUT2D eigenvalue weighted by molar-refractivity contribution is 7.97. The number of carbonyl (C=O) groups is 3. The molecule has 0 heterocycles. The Morgan fingerprint density at radius 2 is 1.55 bits per heavy atom. The third-order valence-corrected chi connectivity index (χ3v) is 3.07. The first kappa shape index (κ1) is 16.0. The van der Waals surface area contributed by atoms with Crippen LogP contribution in [0.5, 0.6) is 0 Å². The Kier molecular flexibility index (Phi) is 6.05. The Morgan fingerprint density at radius 1 is 1.05 bits per heavy atom. The number of hydrogen-bond acceptors (Lipinski definition) is 4. The van der Waals surface area contributed by atoms with Gasteiger partial charge in [0.25, 0.3) is 5.91 Å². The second kappa shape index (κ2) is 7.54. The summed E-state index contributed by atoms with van der Waals surface area (Å²) in [5.74, 6) is -2.30. The van der Waals surface area contributed by atoms with E-state index < -0.39 is 30.9 Å². The largest absolute Gasteiger partial charge is 0.480 e. The summed E-state index contributed by atoms with van der Waals surface area (Å²) in [6.45, 7) is -1.28. The second-order valence-electron chi connectivity index (χ2n) is 4.08. The minimum absolute atomic E-state index is 0.275. The number of benzene rings is 1. The number of carboxylic acids is 2. The third kappa shape index (κ3) is 4.93. The Bertz CT molecular complexity index is 484. The zero-order valence-corrected chi connectivity index (χ0v) is 11.7. The smallest absolute Gasteiger partial charge is 0.323 e. The van der Waals surface area contributed by atoms with Gasteiger partial charge in [0.2, 0.25) is 0 Å². The molecular weight excluding hydrogens is 282 g/mol. The maximum absolute atomic E-state index is 12.1. The van der Waals surface area contributed by atoms with Crippen molar-refractivity contribution >= 4 is 29.6 Å². The number of carboxylic acid groups (broad SMARTS) is 2. The minimum Gasteiger partial charge on any atom is -0.480 e. The van der Waals surface area contributed by atoms with Crippen LogP contribution in [0.15, 0.2) is 24.3 Å². The van der Waals surface area contributed by atoms with Crippen molar-refractivity contribution in [2.45, 2.75) is 5.75 Å². The summed E-state index contributed by atoms with van der Waals surface area (Å²) in [5.41, 5.74) is 1.31. The van der Waals surface area contributed by atoms with Crippen molar-refractivity contribution in [1.82, 2.24) is 4.90 Å². The molecule has 0 aliphatic rings. The zero-order valence-electron chi connectivity index (χ0n) is 10.9. The molecule has 0 saturated heterocycles. The average Bonchev–Trinajstić information content (AvgIpc) is 2.37. The van der Waals surface area contributed by atoms with E-state index in [4.69, 9.17) is 10.2 Å². The van der Waals surface area contributed by atoms with E-state index in [0.29, 0.717) is 0 Å². The van der Waals surface area contributed by atoms with Gasteiger partial charge in [-0.3, -0.25) is 14.4 Å². The van der Waals surface area contributed by atoms with Crippen LogP contribution in [0.25, 0.3) is 0 Å². The highest BCUT2D eigenvalue weighted by atomic mass is 32.2. The fourth-order valence-corrected chi connectivity index (χ4v) is 2.14. The molecule has 20 heavy (non-hydrogen) atoms. The highest BCUT2D eigenvalue weighted by Crippen LogP contribution is 2.12. The van der Waals surface area contributed by atoms with E-state index in [1.54, 1.807) is 36.0 Å². The van der Waals surface area contributed by atoms with Crippen LogP contribution in [-0.4, -0.2) is 52.3 Å². The molecule has 0 aliphatic heterocycles. The van der Waals surface area contributed by atoms with Crippen molar-refractivity contribution in [2.75, 3.05) is 19.3 Å². The van der Waals surface area contributed by atoms with Gasteiger partial charge < -0.3 is 15.1 Å². The molecule has 1 aromatic rings. The SMILES string of the molecule is CSCc1ccc(C(=O)N(CC(=O)O)CC(=O)O)cc1. The molecular formula is C13H15NO5S. The molecule has 0 saturated carbocycles. The molecule has 7 heteroatoms. The molecule has 108 valence electrons. The van der Waals surface area contributed by atoms with E-state index in [2.05, 4.69) is 0 Å². The van der Waals surface area contributed by atoms with Gasteiger partial charge in [-0.2, -0.15) is 11.8 Å². The fraction of sp³-hybridized carbons (Fsp3) is 0.308. The standard InChI is InChI=1S/C13H15NO5S/c1-20-8-9-2-4-10(5-3-9)13(19)14(6-11(15)16)7-12(17)18/h2-5H,6-8H2,1H3,(H,15,16)(H,17,18). The van der Waals surface area contributed by atoms with E-state index in [0.717, 1.165) is 16.2 Å². The molecule has 0 radical (unpaired) electrons. The predicted octanol–water partition coefficient (Wildman–Crippen LogP) is 1.16. The van der Waals surface area contributed by atoms with Crippen LogP contribution in [0.4, 0.5) is 0 Å². The molecule has 1 rings (SSSR count). The van der Waals surface area contributed by atoms with Gasteiger partial charge in [-0.15, -0.1) is 0 Å². The lowest BCUT2D eigenvalue weighted by Gasteiger charge is -2.18. The highest BCUT2D eigenvalue weighted by Gasteiger charge is 2.20. The molecule has 6 nitrogen and oxygen atoms in total. The van der Waals surface area contributed by atoms with E-state index >= 15 is 0 Å². The Labute approximate surface area is 120 Å². The number of hydrogen-bond donors (Lipinski definition) is 2. The fourth-order valence-electron chi connectivity index (χ4n) is 1.62. The van der Waals surface area contributed by atoms with Crippen molar-refractivity contribution < 1.29 is 24.6 Å². The number of nitrogens with zero attached hydrogens (tertiary/aromatic N) is 1. The quantitative estimate of drug-likeness (QED) is 0.784. The molecule has 0 aromatic heterocycles. The monoisotopic (exact) mass is 297 g/mol. The summed E-state index contributed by atoms with van der Waals surface area (Å²) >= 11 is 1.64. The van der Waals surface area contributed by atoms with Gasteiger partial charge in [-0.1, -0.05) is 12.1 Å². The Balaban J connectivity index is 2.87. The number of carbonyl (C=O) groups excluding carboxylic acids is 1. The van der Waals surface area contributed by atoms with Gasteiger partial charge in [-0.25, -0.2) is 0 Å². The van der Waals surface area contributed by atoms with Crippen LogP contribution in [-0.2, 0) is 15.3 Å². The van der Waals surface area contributed by atoms with Crippen LogP contribution in [0.1, 0.15) is 15.9 Å². The lowest BCUT2D eigenvalue weighted by Crippen LogP contribution is -2.39. The van der Waals surface area contributed by atoms with Gasteiger partial charge in [0.05, 0.1) is 0 Å². The van der Waals surface area contributed by atoms with E-state index in [9.17, 15) is 14.4 Å². The van der Waals surface area contributed by atoms with Crippen LogP contribution in [0, 0.1) is 0 Å². The molecule has 0 atom stereocenters. The summed E-state index contributed by atoms with van der Waals surface area (Å²) < 4.78 is 0. The lowest BCUT2D eigenvalue weighted by molar-refractivity contribution is -0.140. The van der Waals surface area contributed by atoms with E-state index in [-0.39, 0.29) is 5.56 Å². The number of amides is 1. The van der Waals surface area contributed by atoms with E-state index in [1.807, 2.05) is 6.26 Å². The average molecular weight is 297 g/mol. The molecule has 2 N–H and O–H groups in total. The lowest BCUT2D eigenvalue weighted by atomic mass is 10.1. The van der Waals surface area contributed by atoms with Gasteiger partial charge >= 0.3 is 11.9 Å². The normalized spacial score (nSPS) is 10.1.